The Morgan fingerprint density at radius 1 is 0.781 bits per heavy atom. The molecule has 2 aliphatic carbocycles. The fraction of sp³-hybridized carbons (Fsp3) is 0.400. The van der Waals surface area contributed by atoms with Crippen LogP contribution in [-0.2, 0) is 4.43 Å². The average molecular weight is 441 g/mol. The molecular formula is C30H36OSi. The van der Waals surface area contributed by atoms with Crippen molar-refractivity contribution in [3.63, 3.8) is 0 Å². The number of fused-ring (bicyclic) bond motifs is 3. The van der Waals surface area contributed by atoms with Crippen LogP contribution < -0.4 is 5.19 Å². The Morgan fingerprint density at radius 3 is 1.94 bits per heavy atom. The smallest absolute Gasteiger partial charge is 0.233 e. The van der Waals surface area contributed by atoms with Gasteiger partial charge in [-0.2, -0.15) is 0 Å². The number of hydrogen-bond donors (Lipinski definition) is 0. The second kappa shape index (κ2) is 8.65. The zero-order chi connectivity index (χ0) is 22.3. The third-order valence-corrected chi connectivity index (χ3v) is 12.1. The van der Waals surface area contributed by atoms with Crippen LogP contribution in [0.15, 0.2) is 78.9 Å². The van der Waals surface area contributed by atoms with Crippen molar-refractivity contribution >= 4 is 13.5 Å². The van der Waals surface area contributed by atoms with Gasteiger partial charge >= 0.3 is 0 Å². The molecule has 0 aliphatic heterocycles. The van der Waals surface area contributed by atoms with Crippen molar-refractivity contribution in [1.82, 2.24) is 0 Å². The van der Waals surface area contributed by atoms with Crippen LogP contribution in [0.25, 0.3) is 11.1 Å². The summed E-state index contributed by atoms with van der Waals surface area (Å²) in [6.45, 7) is 9.67. The van der Waals surface area contributed by atoms with Crippen LogP contribution in [0.4, 0.5) is 0 Å². The van der Waals surface area contributed by atoms with E-state index in [-0.39, 0.29) is 0 Å². The summed E-state index contributed by atoms with van der Waals surface area (Å²) >= 11 is 0. The van der Waals surface area contributed by atoms with Gasteiger partial charge in [0.1, 0.15) is 0 Å². The summed E-state index contributed by atoms with van der Waals surface area (Å²) in [5, 5.41) is 1.41. The van der Waals surface area contributed by atoms with Crippen molar-refractivity contribution in [2.75, 3.05) is 0 Å². The van der Waals surface area contributed by atoms with E-state index in [1.54, 1.807) is 0 Å². The second-order valence-electron chi connectivity index (χ2n) is 10.6. The summed E-state index contributed by atoms with van der Waals surface area (Å²) in [6.07, 6.45) is 4.16. The maximum Gasteiger partial charge on any atom is 0.233 e. The average Bonchev–Trinajstić information content (AvgIpc) is 3.14. The summed E-state index contributed by atoms with van der Waals surface area (Å²) < 4.78 is 7.55. The van der Waals surface area contributed by atoms with Crippen LogP contribution >= 0.6 is 0 Å². The maximum atomic E-state index is 7.55. The van der Waals surface area contributed by atoms with Gasteiger partial charge < -0.3 is 4.43 Å². The van der Waals surface area contributed by atoms with Crippen LogP contribution in [0, 0.1) is 17.8 Å². The lowest BCUT2D eigenvalue weighted by atomic mass is 9.75. The van der Waals surface area contributed by atoms with Gasteiger partial charge in [0.15, 0.2) is 0 Å². The predicted octanol–water partition coefficient (Wildman–Crippen LogP) is 7.30. The molecule has 0 spiro atoms. The highest BCUT2D eigenvalue weighted by atomic mass is 28.4. The van der Waals surface area contributed by atoms with E-state index in [0.717, 1.165) is 5.92 Å². The lowest BCUT2D eigenvalue weighted by molar-refractivity contribution is 0.0396. The Hall–Kier alpha value is -2.16. The van der Waals surface area contributed by atoms with E-state index in [1.807, 2.05) is 0 Å². The molecule has 0 N–H and O–H groups in total. The third-order valence-electron chi connectivity index (χ3n) is 8.09. The fourth-order valence-electron chi connectivity index (χ4n) is 6.39. The first kappa shape index (κ1) is 21.7. The van der Waals surface area contributed by atoms with Crippen LogP contribution in [0.2, 0.25) is 6.55 Å². The number of benzene rings is 3. The Labute approximate surface area is 195 Å². The highest BCUT2D eigenvalue weighted by molar-refractivity contribution is 6.87. The molecule has 5 rings (SSSR count). The standard InChI is InChI=1S/C30H36OSi/c1-21(2)24-19-18-22(3)20-29(24)31-32(4,23-12-6-5-7-13-23)30-27-16-10-8-14-25(27)26-15-9-11-17-28(26)30/h5-17,21-22,24,29-30H,18-20H2,1-4H3/t22-,24+,29-,32?/m1/s1. The zero-order valence-electron chi connectivity index (χ0n) is 19.9. The predicted molar refractivity (Wildman–Crippen MR) is 138 cm³/mol. The molecular weight excluding hydrogens is 404 g/mol. The molecule has 1 unspecified atom stereocenters. The van der Waals surface area contributed by atoms with Gasteiger partial charge in [0.2, 0.25) is 8.32 Å². The molecule has 0 bridgehead atoms. The van der Waals surface area contributed by atoms with Gasteiger partial charge in [-0.3, -0.25) is 0 Å². The van der Waals surface area contributed by atoms with Crippen molar-refractivity contribution in [3.05, 3.63) is 90.0 Å². The van der Waals surface area contributed by atoms with Gasteiger partial charge in [-0.1, -0.05) is 106 Å². The van der Waals surface area contributed by atoms with E-state index in [0.29, 0.717) is 23.5 Å². The Balaban J connectivity index is 1.66. The molecule has 1 fully saturated rings. The minimum atomic E-state index is -2.40. The van der Waals surface area contributed by atoms with Gasteiger partial charge in [0, 0.05) is 11.6 Å². The first-order valence-electron chi connectivity index (χ1n) is 12.4. The van der Waals surface area contributed by atoms with Crippen molar-refractivity contribution in [3.8, 4) is 11.1 Å². The number of rotatable bonds is 5. The van der Waals surface area contributed by atoms with Crippen molar-refractivity contribution in [1.29, 1.82) is 0 Å². The van der Waals surface area contributed by atoms with E-state index in [2.05, 4.69) is 106 Å². The highest BCUT2D eigenvalue weighted by Crippen LogP contribution is 2.50. The molecule has 0 aromatic heterocycles. The lowest BCUT2D eigenvalue weighted by Crippen LogP contribution is -2.57. The molecule has 3 aromatic rings. The molecule has 0 amide bonds. The highest BCUT2D eigenvalue weighted by Gasteiger charge is 2.49. The first-order chi connectivity index (χ1) is 15.5. The van der Waals surface area contributed by atoms with Gasteiger partial charge in [0.05, 0.1) is 0 Å². The molecule has 2 aliphatic rings. The van der Waals surface area contributed by atoms with Gasteiger partial charge in [-0.25, -0.2) is 0 Å². The van der Waals surface area contributed by atoms with Gasteiger partial charge in [0.25, 0.3) is 0 Å². The Kier molecular flexibility index (Phi) is 5.86. The summed E-state index contributed by atoms with van der Waals surface area (Å²) in [5.74, 6) is 2.05. The second-order valence-corrected chi connectivity index (χ2v) is 14.2. The van der Waals surface area contributed by atoms with E-state index in [1.165, 1.54) is 46.7 Å². The maximum absolute atomic E-state index is 7.55. The Morgan fingerprint density at radius 2 is 1.34 bits per heavy atom. The molecule has 0 heterocycles. The first-order valence-corrected chi connectivity index (χ1v) is 14.9. The minimum Gasteiger partial charge on any atom is -0.409 e. The molecule has 2 heteroatoms. The third kappa shape index (κ3) is 3.68. The van der Waals surface area contributed by atoms with Gasteiger partial charge in [-0.05, 0) is 64.6 Å². The van der Waals surface area contributed by atoms with Crippen LogP contribution in [0.5, 0.6) is 0 Å². The van der Waals surface area contributed by atoms with Crippen LogP contribution in [-0.4, -0.2) is 14.4 Å². The van der Waals surface area contributed by atoms with Crippen molar-refractivity contribution in [2.24, 2.45) is 17.8 Å². The molecule has 4 atom stereocenters. The topological polar surface area (TPSA) is 9.23 Å². The molecule has 166 valence electrons. The van der Waals surface area contributed by atoms with Crippen molar-refractivity contribution in [2.45, 2.75) is 58.2 Å². The van der Waals surface area contributed by atoms with E-state index in [4.69, 9.17) is 4.43 Å². The van der Waals surface area contributed by atoms with E-state index in [9.17, 15) is 0 Å². The SMILES string of the molecule is CC(C)[C@@H]1CC[C@@H](C)C[C@H]1O[Si](C)(c1ccccc1)C1c2ccccc2-c2ccccc21. The Bertz CT molecular complexity index is 1030. The lowest BCUT2D eigenvalue weighted by Gasteiger charge is -2.44. The van der Waals surface area contributed by atoms with E-state index < -0.39 is 8.32 Å². The minimum absolute atomic E-state index is 0.322. The van der Waals surface area contributed by atoms with Gasteiger partial charge in [-0.15, -0.1) is 0 Å². The van der Waals surface area contributed by atoms with Crippen molar-refractivity contribution < 1.29 is 4.43 Å². The summed E-state index contributed by atoms with van der Waals surface area (Å²) in [6, 6.07) is 29.2. The zero-order valence-corrected chi connectivity index (χ0v) is 20.9. The molecule has 0 radical (unpaired) electrons. The molecule has 1 saturated carbocycles. The monoisotopic (exact) mass is 440 g/mol. The normalized spacial score (nSPS) is 24.7. The largest absolute Gasteiger partial charge is 0.409 e. The van der Waals surface area contributed by atoms with Crippen LogP contribution in [0.3, 0.4) is 0 Å². The molecule has 0 saturated heterocycles. The molecule has 3 aromatic carbocycles. The summed E-state index contributed by atoms with van der Waals surface area (Å²) in [7, 11) is -2.40. The van der Waals surface area contributed by atoms with E-state index >= 15 is 0 Å². The quantitative estimate of drug-likeness (QED) is 0.378. The molecule has 1 nitrogen and oxygen atoms in total. The fourth-order valence-corrected chi connectivity index (χ4v) is 10.4. The number of hydrogen-bond acceptors (Lipinski definition) is 1. The van der Waals surface area contributed by atoms with Crippen LogP contribution in [0.1, 0.15) is 56.7 Å². The molecule has 32 heavy (non-hydrogen) atoms. The summed E-state index contributed by atoms with van der Waals surface area (Å²) in [4.78, 5) is 0. The summed E-state index contributed by atoms with van der Waals surface area (Å²) in [5.41, 5.74) is 6.02.